The molecule has 2 heterocycles. The highest BCUT2D eigenvalue weighted by Crippen LogP contribution is 2.52. The summed E-state index contributed by atoms with van der Waals surface area (Å²) in [7, 11) is 0. The molecule has 0 amide bonds. The van der Waals surface area contributed by atoms with E-state index in [2.05, 4.69) is 198 Å². The van der Waals surface area contributed by atoms with Gasteiger partial charge in [0.25, 0.3) is 0 Å². The number of hydrogen-bond acceptors (Lipinski definition) is 2. The Balaban J connectivity index is 1.09. The second-order valence-electron chi connectivity index (χ2n) is 17.7. The molecule has 0 aliphatic heterocycles. The second-order valence-corrected chi connectivity index (χ2v) is 17.7. The number of fused-ring (bicyclic) bond motifs is 10. The van der Waals surface area contributed by atoms with Crippen LogP contribution in [0.2, 0.25) is 0 Å². The number of pyridine rings is 2. The molecule has 0 atom stereocenters. The first kappa shape index (κ1) is 34.8. The van der Waals surface area contributed by atoms with Gasteiger partial charge in [-0.2, -0.15) is 0 Å². The summed E-state index contributed by atoms with van der Waals surface area (Å²) < 4.78 is 0. The maximum absolute atomic E-state index is 5.62. The first-order valence-corrected chi connectivity index (χ1v) is 21.1. The zero-order chi connectivity index (χ0) is 40.3. The van der Waals surface area contributed by atoms with Gasteiger partial charge in [0.1, 0.15) is 0 Å². The highest BCUT2D eigenvalue weighted by molar-refractivity contribution is 6.16. The number of hydrogen-bond donors (Lipinski definition) is 0. The quantitative estimate of drug-likeness (QED) is 0.167. The molecule has 10 aromatic rings. The molecule has 2 nitrogen and oxygen atoms in total. The van der Waals surface area contributed by atoms with Crippen LogP contribution in [0.1, 0.15) is 49.9 Å². The molecule has 2 aliphatic carbocycles. The van der Waals surface area contributed by atoms with E-state index in [9.17, 15) is 0 Å². The standard InChI is InChI=1S/C58H42N2/c1-57(2)50-20-9-7-16-42(50)44-28-26-38(31-52(44)57)47-33-49-48(36-24-22-35(23-25-36)40-19-11-13-37-14-12-30-59-55(37)40)34-54(60-56(49)46-18-6-5-15-41(46)47)39-27-29-45-43-17-8-10-21-51(43)58(3,4)53(45)32-39/h5-34H,1-4H3. The molecule has 60 heavy (non-hydrogen) atoms. The molecular formula is C58H42N2. The largest absolute Gasteiger partial charge is 0.256 e. The highest BCUT2D eigenvalue weighted by Gasteiger charge is 2.36. The van der Waals surface area contributed by atoms with Gasteiger partial charge in [-0.1, -0.05) is 173 Å². The van der Waals surface area contributed by atoms with Gasteiger partial charge in [-0.3, -0.25) is 4.98 Å². The van der Waals surface area contributed by atoms with Crippen LogP contribution in [0.25, 0.3) is 99.5 Å². The van der Waals surface area contributed by atoms with Crippen molar-refractivity contribution in [3.05, 3.63) is 204 Å². The zero-order valence-corrected chi connectivity index (χ0v) is 34.2. The molecule has 0 fully saturated rings. The summed E-state index contributed by atoms with van der Waals surface area (Å²) in [5.74, 6) is 0. The van der Waals surface area contributed by atoms with Gasteiger partial charge >= 0.3 is 0 Å². The molecule has 0 bridgehead atoms. The number of nitrogens with zero attached hydrogens (tertiary/aromatic N) is 2. The van der Waals surface area contributed by atoms with Crippen molar-refractivity contribution in [2.45, 2.75) is 38.5 Å². The van der Waals surface area contributed by atoms with E-state index < -0.39 is 0 Å². The topological polar surface area (TPSA) is 25.8 Å². The molecule has 0 unspecified atom stereocenters. The Morgan fingerprint density at radius 1 is 0.333 bits per heavy atom. The summed E-state index contributed by atoms with van der Waals surface area (Å²) in [4.78, 5) is 10.4. The molecule has 0 radical (unpaired) electrons. The lowest BCUT2D eigenvalue weighted by Gasteiger charge is -2.22. The van der Waals surface area contributed by atoms with E-state index in [1.165, 1.54) is 66.6 Å². The van der Waals surface area contributed by atoms with Gasteiger partial charge in [-0.15, -0.1) is 0 Å². The molecule has 0 saturated carbocycles. The van der Waals surface area contributed by atoms with Crippen molar-refractivity contribution >= 4 is 32.6 Å². The van der Waals surface area contributed by atoms with Crippen LogP contribution < -0.4 is 0 Å². The van der Waals surface area contributed by atoms with E-state index in [0.717, 1.165) is 55.1 Å². The number of benzene rings is 8. The molecule has 2 heteroatoms. The molecule has 284 valence electrons. The van der Waals surface area contributed by atoms with Crippen molar-refractivity contribution < 1.29 is 0 Å². The molecular weight excluding hydrogens is 725 g/mol. The van der Waals surface area contributed by atoms with E-state index in [0.29, 0.717) is 0 Å². The molecule has 0 saturated heterocycles. The Kier molecular flexibility index (Phi) is 7.36. The molecule has 2 aliphatic rings. The third-order valence-electron chi connectivity index (χ3n) is 13.7. The summed E-state index contributed by atoms with van der Waals surface area (Å²) in [5, 5.41) is 4.65. The summed E-state index contributed by atoms with van der Waals surface area (Å²) in [6.45, 7) is 9.42. The molecule has 0 spiro atoms. The van der Waals surface area contributed by atoms with Gasteiger partial charge in [0, 0.05) is 44.3 Å². The van der Waals surface area contributed by atoms with Crippen LogP contribution in [0, 0.1) is 0 Å². The van der Waals surface area contributed by atoms with Crippen LogP contribution in [0.5, 0.6) is 0 Å². The van der Waals surface area contributed by atoms with E-state index in [1.807, 2.05) is 12.3 Å². The smallest absolute Gasteiger partial charge is 0.0794 e. The van der Waals surface area contributed by atoms with E-state index in [1.54, 1.807) is 0 Å². The summed E-state index contributed by atoms with van der Waals surface area (Å²) >= 11 is 0. The lowest BCUT2D eigenvalue weighted by Crippen LogP contribution is -2.15. The summed E-state index contributed by atoms with van der Waals surface area (Å²) in [5.41, 5.74) is 21.8. The van der Waals surface area contributed by atoms with Crippen LogP contribution in [-0.2, 0) is 10.8 Å². The van der Waals surface area contributed by atoms with Gasteiger partial charge in [0.05, 0.1) is 16.7 Å². The fourth-order valence-corrected chi connectivity index (χ4v) is 10.6. The van der Waals surface area contributed by atoms with E-state index in [4.69, 9.17) is 9.97 Å². The van der Waals surface area contributed by atoms with Crippen molar-refractivity contribution in [2.75, 3.05) is 0 Å². The van der Waals surface area contributed by atoms with Crippen LogP contribution in [-0.4, -0.2) is 9.97 Å². The van der Waals surface area contributed by atoms with Crippen LogP contribution >= 0.6 is 0 Å². The predicted octanol–water partition coefficient (Wildman–Crippen LogP) is 15.2. The normalized spacial score (nSPS) is 14.3. The third kappa shape index (κ3) is 5.01. The van der Waals surface area contributed by atoms with Gasteiger partial charge in [0.15, 0.2) is 0 Å². The minimum atomic E-state index is -0.110. The second kappa shape index (κ2) is 12.7. The lowest BCUT2D eigenvalue weighted by molar-refractivity contribution is 0.660. The third-order valence-corrected chi connectivity index (χ3v) is 13.7. The Morgan fingerprint density at radius 2 is 0.850 bits per heavy atom. The SMILES string of the molecule is CC1(C)c2ccccc2-c2ccc(-c3cc(-c4ccc(-c5cccc6cccnc56)cc4)c4cc(-c5ccc6c(c5)C(C)(C)c5ccccc5-6)c5ccccc5c4n3)cc21. The first-order valence-electron chi connectivity index (χ1n) is 21.1. The monoisotopic (exact) mass is 766 g/mol. The summed E-state index contributed by atoms with van der Waals surface area (Å²) in [6.07, 6.45) is 1.88. The van der Waals surface area contributed by atoms with E-state index in [-0.39, 0.29) is 10.8 Å². The molecule has 8 aromatic carbocycles. The Hall–Kier alpha value is -7.16. The Labute approximate surface area is 350 Å². The van der Waals surface area contributed by atoms with Gasteiger partial charge in [0.2, 0.25) is 0 Å². The lowest BCUT2D eigenvalue weighted by atomic mass is 9.81. The van der Waals surface area contributed by atoms with Crippen molar-refractivity contribution in [1.29, 1.82) is 0 Å². The van der Waals surface area contributed by atoms with Gasteiger partial charge in [-0.25, -0.2) is 4.98 Å². The summed E-state index contributed by atoms with van der Waals surface area (Å²) in [6, 6.07) is 65.0. The zero-order valence-electron chi connectivity index (χ0n) is 34.2. The number of rotatable bonds is 4. The van der Waals surface area contributed by atoms with Gasteiger partial charge in [-0.05, 0) is 108 Å². The van der Waals surface area contributed by atoms with Gasteiger partial charge < -0.3 is 0 Å². The molecule has 12 rings (SSSR count). The average Bonchev–Trinajstić information content (AvgIpc) is 3.67. The van der Waals surface area contributed by atoms with Crippen molar-refractivity contribution in [2.24, 2.45) is 0 Å². The number of aromatic nitrogens is 2. The minimum absolute atomic E-state index is 0.0939. The molecule has 0 N–H and O–H groups in total. The fraction of sp³-hybridized carbons (Fsp3) is 0.103. The van der Waals surface area contributed by atoms with Crippen molar-refractivity contribution in [3.8, 4) is 66.9 Å². The first-order chi connectivity index (χ1) is 29.3. The maximum Gasteiger partial charge on any atom is 0.0794 e. The van der Waals surface area contributed by atoms with E-state index >= 15 is 0 Å². The Bertz CT molecular complexity index is 3420. The van der Waals surface area contributed by atoms with Crippen LogP contribution in [0.3, 0.4) is 0 Å². The highest BCUT2D eigenvalue weighted by atomic mass is 14.7. The Morgan fingerprint density at radius 3 is 1.55 bits per heavy atom. The fourth-order valence-electron chi connectivity index (χ4n) is 10.6. The minimum Gasteiger partial charge on any atom is -0.256 e. The maximum atomic E-state index is 5.62. The van der Waals surface area contributed by atoms with Crippen molar-refractivity contribution in [3.63, 3.8) is 0 Å². The van der Waals surface area contributed by atoms with Crippen LogP contribution in [0.4, 0.5) is 0 Å². The molecule has 2 aromatic heterocycles. The average molecular weight is 767 g/mol. The predicted molar refractivity (Wildman–Crippen MR) is 251 cm³/mol. The van der Waals surface area contributed by atoms with Crippen molar-refractivity contribution in [1.82, 2.24) is 9.97 Å². The van der Waals surface area contributed by atoms with Crippen LogP contribution in [0.15, 0.2) is 182 Å². The number of para-hydroxylation sites is 1.